The molecule has 0 radical (unpaired) electrons. The fraction of sp³-hybridized carbons (Fsp3) is 0.286. The Morgan fingerprint density at radius 2 is 1.70 bits per heavy atom. The van der Waals surface area contributed by atoms with Crippen molar-refractivity contribution in [2.75, 3.05) is 34.0 Å². The monoisotopic (exact) mass is 445 g/mol. The van der Waals surface area contributed by atoms with Crippen molar-refractivity contribution in [2.45, 2.75) is 19.1 Å². The Balaban J connectivity index is 1.53. The number of methoxy groups -OCH3 is 2. The highest BCUT2D eigenvalue weighted by molar-refractivity contribution is 5.59. The van der Waals surface area contributed by atoms with Gasteiger partial charge in [-0.25, -0.2) is 0 Å². The van der Waals surface area contributed by atoms with Gasteiger partial charge >= 0.3 is 0 Å². The summed E-state index contributed by atoms with van der Waals surface area (Å²) >= 11 is 0. The van der Waals surface area contributed by atoms with Crippen LogP contribution < -0.4 is 19.5 Å². The van der Waals surface area contributed by atoms with Crippen LogP contribution in [0, 0.1) is 0 Å². The summed E-state index contributed by atoms with van der Waals surface area (Å²) in [6.07, 6.45) is 5.24. The molecule has 1 aliphatic rings. The quantitative estimate of drug-likeness (QED) is 0.435. The lowest BCUT2D eigenvalue weighted by molar-refractivity contribution is 0.146. The van der Waals surface area contributed by atoms with Gasteiger partial charge in [-0.15, -0.1) is 0 Å². The topological polar surface area (TPSA) is 49.0 Å². The third-order valence-electron chi connectivity index (χ3n) is 5.69. The average Bonchev–Trinajstić information content (AvgIpc) is 2.87. The molecule has 4 rings (SSSR count). The summed E-state index contributed by atoms with van der Waals surface area (Å²) in [7, 11) is 3.36. The van der Waals surface area contributed by atoms with E-state index in [4.69, 9.17) is 18.9 Å². The molecule has 1 N–H and O–H groups in total. The number of hydrogen-bond acceptors (Lipinski definition) is 5. The molecule has 0 fully saturated rings. The van der Waals surface area contributed by atoms with Crippen molar-refractivity contribution in [3.63, 3.8) is 0 Å². The zero-order chi connectivity index (χ0) is 22.9. The van der Waals surface area contributed by atoms with Gasteiger partial charge in [-0.1, -0.05) is 60.7 Å². The third kappa shape index (κ3) is 5.95. The number of nitrogens with one attached hydrogen (secondary N) is 1. The molecule has 0 amide bonds. The molecule has 5 heteroatoms. The lowest BCUT2D eigenvalue weighted by atomic mass is 9.93. The van der Waals surface area contributed by atoms with E-state index in [2.05, 4.69) is 47.8 Å². The van der Waals surface area contributed by atoms with Crippen LogP contribution in [-0.2, 0) is 17.8 Å². The molecule has 0 saturated heterocycles. The first kappa shape index (κ1) is 22.9. The van der Waals surface area contributed by atoms with Crippen LogP contribution in [0.5, 0.6) is 17.2 Å². The minimum absolute atomic E-state index is 0.0813. The van der Waals surface area contributed by atoms with E-state index >= 15 is 0 Å². The van der Waals surface area contributed by atoms with Crippen molar-refractivity contribution in [3.05, 3.63) is 95.1 Å². The molecule has 3 aromatic carbocycles. The van der Waals surface area contributed by atoms with Gasteiger partial charge < -0.3 is 24.3 Å². The van der Waals surface area contributed by atoms with Crippen LogP contribution in [0.4, 0.5) is 0 Å². The number of para-hydroxylation sites is 1. The lowest BCUT2D eigenvalue weighted by Crippen LogP contribution is -2.28. The number of ether oxygens (including phenoxy) is 4. The van der Waals surface area contributed by atoms with Gasteiger partial charge in [0.15, 0.2) is 11.5 Å². The van der Waals surface area contributed by atoms with E-state index in [1.807, 2.05) is 36.4 Å². The van der Waals surface area contributed by atoms with E-state index in [1.54, 1.807) is 14.2 Å². The number of fused-ring (bicyclic) bond motifs is 1. The highest BCUT2D eigenvalue weighted by atomic mass is 16.5. The van der Waals surface area contributed by atoms with E-state index in [-0.39, 0.29) is 6.04 Å². The highest BCUT2D eigenvalue weighted by Crippen LogP contribution is 2.36. The Bertz CT molecular complexity index is 1060. The second-order valence-corrected chi connectivity index (χ2v) is 7.90. The summed E-state index contributed by atoms with van der Waals surface area (Å²) < 4.78 is 22.8. The molecular weight excluding hydrogens is 414 g/mol. The van der Waals surface area contributed by atoms with E-state index in [0.717, 1.165) is 41.3 Å². The van der Waals surface area contributed by atoms with Gasteiger partial charge in [-0.05, 0) is 41.3 Å². The maximum Gasteiger partial charge on any atom is 0.161 e. The standard InChI is InChI=1S/C28H31NO4/c1-30-16-17-32-26-11-7-6-10-22(26)12-13-25-24-19-27(31-2)28(18-23(24)14-15-29-25)33-20-21-8-4-3-5-9-21/h3-13,18-19,25,29H,14-17,20H2,1-2H3/b13-12+. The largest absolute Gasteiger partial charge is 0.493 e. The highest BCUT2D eigenvalue weighted by Gasteiger charge is 2.21. The number of rotatable bonds is 10. The molecule has 5 nitrogen and oxygen atoms in total. The van der Waals surface area contributed by atoms with Crippen molar-refractivity contribution in [1.29, 1.82) is 0 Å². The van der Waals surface area contributed by atoms with E-state index in [1.165, 1.54) is 11.1 Å². The Morgan fingerprint density at radius 3 is 2.52 bits per heavy atom. The summed E-state index contributed by atoms with van der Waals surface area (Å²) in [6.45, 7) is 2.49. The summed E-state index contributed by atoms with van der Waals surface area (Å²) in [4.78, 5) is 0. The van der Waals surface area contributed by atoms with Crippen LogP contribution in [-0.4, -0.2) is 34.0 Å². The molecule has 1 atom stereocenters. The summed E-state index contributed by atoms with van der Waals surface area (Å²) in [5.41, 5.74) is 4.65. The van der Waals surface area contributed by atoms with Crippen LogP contribution in [0.2, 0.25) is 0 Å². The van der Waals surface area contributed by atoms with Gasteiger partial charge in [0.25, 0.3) is 0 Å². The van der Waals surface area contributed by atoms with Crippen LogP contribution >= 0.6 is 0 Å². The minimum atomic E-state index is 0.0813. The van der Waals surface area contributed by atoms with Crippen molar-refractivity contribution in [1.82, 2.24) is 5.32 Å². The Morgan fingerprint density at radius 1 is 0.879 bits per heavy atom. The zero-order valence-corrected chi connectivity index (χ0v) is 19.3. The number of hydrogen-bond donors (Lipinski definition) is 1. The second-order valence-electron chi connectivity index (χ2n) is 7.90. The molecule has 1 aliphatic heterocycles. The molecule has 1 heterocycles. The van der Waals surface area contributed by atoms with Crippen LogP contribution in [0.3, 0.4) is 0 Å². The Hall–Kier alpha value is -3.28. The van der Waals surface area contributed by atoms with Crippen LogP contribution in [0.25, 0.3) is 6.08 Å². The second kappa shape index (κ2) is 11.5. The Labute approximate surface area is 196 Å². The van der Waals surface area contributed by atoms with E-state index in [0.29, 0.717) is 19.8 Å². The molecule has 172 valence electrons. The minimum Gasteiger partial charge on any atom is -0.493 e. The summed E-state index contributed by atoms with van der Waals surface area (Å²) in [6, 6.07) is 22.5. The van der Waals surface area contributed by atoms with Gasteiger partial charge in [0.2, 0.25) is 0 Å². The van der Waals surface area contributed by atoms with Crippen molar-refractivity contribution >= 4 is 6.08 Å². The molecular formula is C28H31NO4. The summed E-state index contributed by atoms with van der Waals surface area (Å²) in [5.74, 6) is 2.38. The first-order chi connectivity index (χ1) is 16.3. The smallest absolute Gasteiger partial charge is 0.161 e. The van der Waals surface area contributed by atoms with Gasteiger partial charge in [-0.3, -0.25) is 0 Å². The van der Waals surface area contributed by atoms with Gasteiger partial charge in [0.05, 0.1) is 19.8 Å². The molecule has 1 unspecified atom stereocenters. The van der Waals surface area contributed by atoms with Gasteiger partial charge in [-0.2, -0.15) is 0 Å². The van der Waals surface area contributed by atoms with Crippen LogP contribution in [0.1, 0.15) is 28.3 Å². The first-order valence-corrected chi connectivity index (χ1v) is 11.3. The van der Waals surface area contributed by atoms with Gasteiger partial charge in [0.1, 0.15) is 19.0 Å². The lowest BCUT2D eigenvalue weighted by Gasteiger charge is -2.26. The first-order valence-electron chi connectivity index (χ1n) is 11.3. The third-order valence-corrected chi connectivity index (χ3v) is 5.69. The molecule has 0 aromatic heterocycles. The summed E-state index contributed by atoms with van der Waals surface area (Å²) in [5, 5.41) is 3.60. The van der Waals surface area contributed by atoms with Crippen molar-refractivity contribution in [2.24, 2.45) is 0 Å². The fourth-order valence-corrected chi connectivity index (χ4v) is 3.96. The SMILES string of the molecule is COCCOc1ccccc1/C=C/C1NCCc2cc(OCc3ccccc3)c(OC)cc21. The predicted molar refractivity (Wildman–Crippen MR) is 131 cm³/mol. The maximum atomic E-state index is 6.12. The Kier molecular flexibility index (Phi) is 8.01. The van der Waals surface area contributed by atoms with Crippen LogP contribution in [0.15, 0.2) is 72.8 Å². The molecule has 3 aromatic rings. The van der Waals surface area contributed by atoms with E-state index in [9.17, 15) is 0 Å². The van der Waals surface area contributed by atoms with Crippen molar-refractivity contribution in [3.8, 4) is 17.2 Å². The molecule has 33 heavy (non-hydrogen) atoms. The van der Waals surface area contributed by atoms with E-state index < -0.39 is 0 Å². The molecule has 0 saturated carbocycles. The average molecular weight is 446 g/mol. The molecule has 0 spiro atoms. The fourth-order valence-electron chi connectivity index (χ4n) is 3.96. The normalized spacial score (nSPS) is 15.3. The van der Waals surface area contributed by atoms with Crippen molar-refractivity contribution < 1.29 is 18.9 Å². The maximum absolute atomic E-state index is 6.12. The number of benzene rings is 3. The van der Waals surface area contributed by atoms with Gasteiger partial charge in [0, 0.05) is 19.2 Å². The molecule has 0 bridgehead atoms. The predicted octanol–water partition coefficient (Wildman–Crippen LogP) is 5.20. The molecule has 0 aliphatic carbocycles. The zero-order valence-electron chi connectivity index (χ0n) is 19.3.